The minimum absolute atomic E-state index is 0.488. The molecular formula is C15H16BrNOS. The SMILES string of the molecule is Cc1sc(C2CCCOC2)nc1-c1ccc(Br)cc1. The predicted octanol–water partition coefficient (Wildman–Crippen LogP) is 4.78. The number of thiazole rings is 1. The fraction of sp³-hybridized carbons (Fsp3) is 0.400. The number of halogens is 1. The molecule has 1 aliphatic heterocycles. The highest BCUT2D eigenvalue weighted by Gasteiger charge is 2.21. The lowest BCUT2D eigenvalue weighted by Gasteiger charge is -2.19. The van der Waals surface area contributed by atoms with Crippen LogP contribution in [0.5, 0.6) is 0 Å². The number of aryl methyl sites for hydroxylation is 1. The fourth-order valence-electron chi connectivity index (χ4n) is 2.40. The number of benzene rings is 1. The summed E-state index contributed by atoms with van der Waals surface area (Å²) >= 11 is 5.29. The van der Waals surface area contributed by atoms with E-state index in [-0.39, 0.29) is 0 Å². The smallest absolute Gasteiger partial charge is 0.0989 e. The van der Waals surface area contributed by atoms with Gasteiger partial charge in [0.2, 0.25) is 0 Å². The molecule has 0 bridgehead atoms. The summed E-state index contributed by atoms with van der Waals surface area (Å²) in [5.41, 5.74) is 2.32. The van der Waals surface area contributed by atoms with E-state index < -0.39 is 0 Å². The van der Waals surface area contributed by atoms with E-state index in [0.717, 1.165) is 29.8 Å². The molecule has 1 saturated heterocycles. The van der Waals surface area contributed by atoms with E-state index in [2.05, 4.69) is 47.1 Å². The molecule has 0 N–H and O–H groups in total. The van der Waals surface area contributed by atoms with Gasteiger partial charge in [0, 0.05) is 27.4 Å². The molecule has 100 valence electrons. The van der Waals surface area contributed by atoms with Crippen molar-refractivity contribution in [2.75, 3.05) is 13.2 Å². The minimum atomic E-state index is 0.488. The van der Waals surface area contributed by atoms with E-state index in [1.54, 1.807) is 0 Å². The van der Waals surface area contributed by atoms with E-state index in [4.69, 9.17) is 9.72 Å². The highest BCUT2D eigenvalue weighted by Crippen LogP contribution is 2.34. The number of hydrogen-bond donors (Lipinski definition) is 0. The lowest BCUT2D eigenvalue weighted by atomic mass is 10.0. The van der Waals surface area contributed by atoms with Gasteiger partial charge in [-0.2, -0.15) is 0 Å². The zero-order valence-corrected chi connectivity index (χ0v) is 13.3. The van der Waals surface area contributed by atoms with Gasteiger partial charge >= 0.3 is 0 Å². The van der Waals surface area contributed by atoms with Crippen molar-refractivity contribution in [3.8, 4) is 11.3 Å². The van der Waals surface area contributed by atoms with Crippen LogP contribution in [-0.4, -0.2) is 18.2 Å². The van der Waals surface area contributed by atoms with Gasteiger partial charge in [-0.25, -0.2) is 4.98 Å². The van der Waals surface area contributed by atoms with Crippen molar-refractivity contribution in [3.05, 3.63) is 38.6 Å². The van der Waals surface area contributed by atoms with Gasteiger partial charge in [-0.3, -0.25) is 0 Å². The first kappa shape index (κ1) is 13.3. The Labute approximate surface area is 126 Å². The summed E-state index contributed by atoms with van der Waals surface area (Å²) < 4.78 is 6.67. The molecule has 1 unspecified atom stereocenters. The van der Waals surface area contributed by atoms with E-state index in [9.17, 15) is 0 Å². The molecular weight excluding hydrogens is 322 g/mol. The molecule has 0 amide bonds. The van der Waals surface area contributed by atoms with Gasteiger partial charge < -0.3 is 4.74 Å². The summed E-state index contributed by atoms with van der Waals surface area (Å²) in [4.78, 5) is 6.15. The largest absolute Gasteiger partial charge is 0.381 e. The molecule has 19 heavy (non-hydrogen) atoms. The Morgan fingerprint density at radius 1 is 1.32 bits per heavy atom. The van der Waals surface area contributed by atoms with E-state index in [0.29, 0.717) is 5.92 Å². The molecule has 2 heterocycles. The average Bonchev–Trinajstić information content (AvgIpc) is 2.83. The van der Waals surface area contributed by atoms with Gasteiger partial charge in [0.1, 0.15) is 0 Å². The molecule has 3 rings (SSSR count). The van der Waals surface area contributed by atoms with Crippen molar-refractivity contribution >= 4 is 27.3 Å². The van der Waals surface area contributed by atoms with E-state index in [1.165, 1.54) is 21.9 Å². The topological polar surface area (TPSA) is 22.1 Å². The third-order valence-electron chi connectivity index (χ3n) is 3.44. The van der Waals surface area contributed by atoms with Gasteiger partial charge in [-0.15, -0.1) is 11.3 Å². The van der Waals surface area contributed by atoms with E-state index >= 15 is 0 Å². The Kier molecular flexibility index (Phi) is 4.01. The Balaban J connectivity index is 1.90. The molecule has 0 spiro atoms. The highest BCUT2D eigenvalue weighted by atomic mass is 79.9. The third kappa shape index (κ3) is 2.91. The van der Waals surface area contributed by atoms with Crippen LogP contribution >= 0.6 is 27.3 Å². The second-order valence-electron chi connectivity index (χ2n) is 4.88. The Bertz CT molecular complexity index is 558. The standard InChI is InChI=1S/C15H16BrNOS/c1-10-14(11-4-6-13(16)7-5-11)17-15(19-10)12-3-2-8-18-9-12/h4-7,12H,2-3,8-9H2,1H3. The van der Waals surface area contributed by atoms with Crippen LogP contribution < -0.4 is 0 Å². The normalized spacial score (nSPS) is 19.6. The van der Waals surface area contributed by atoms with Crippen molar-refractivity contribution < 1.29 is 4.74 Å². The van der Waals surface area contributed by atoms with Crippen molar-refractivity contribution in [2.45, 2.75) is 25.7 Å². The number of rotatable bonds is 2. The molecule has 1 aromatic heterocycles. The molecule has 2 nitrogen and oxygen atoms in total. The second-order valence-corrected chi connectivity index (χ2v) is 7.03. The first-order valence-electron chi connectivity index (χ1n) is 6.55. The second kappa shape index (κ2) is 5.73. The molecule has 4 heteroatoms. The molecule has 0 aliphatic carbocycles. The van der Waals surface area contributed by atoms with Crippen molar-refractivity contribution in [3.63, 3.8) is 0 Å². The molecule has 1 atom stereocenters. The van der Waals surface area contributed by atoms with E-state index in [1.807, 2.05) is 11.3 Å². The van der Waals surface area contributed by atoms with Gasteiger partial charge in [-0.05, 0) is 31.9 Å². The lowest BCUT2D eigenvalue weighted by Crippen LogP contribution is -2.15. The molecule has 1 fully saturated rings. The molecule has 0 radical (unpaired) electrons. The predicted molar refractivity (Wildman–Crippen MR) is 82.8 cm³/mol. The zero-order chi connectivity index (χ0) is 13.2. The zero-order valence-electron chi connectivity index (χ0n) is 10.9. The number of hydrogen-bond acceptors (Lipinski definition) is 3. The number of nitrogens with zero attached hydrogens (tertiary/aromatic N) is 1. The molecule has 0 saturated carbocycles. The van der Waals surface area contributed by atoms with Crippen LogP contribution in [0.25, 0.3) is 11.3 Å². The minimum Gasteiger partial charge on any atom is -0.381 e. The molecule has 1 aromatic carbocycles. The van der Waals surface area contributed by atoms with Crippen molar-refractivity contribution in [1.29, 1.82) is 0 Å². The van der Waals surface area contributed by atoms with Gasteiger partial charge in [0.15, 0.2) is 0 Å². The van der Waals surface area contributed by atoms with Crippen molar-refractivity contribution in [2.24, 2.45) is 0 Å². The van der Waals surface area contributed by atoms with Crippen molar-refractivity contribution in [1.82, 2.24) is 4.98 Å². The number of ether oxygens (including phenoxy) is 1. The summed E-state index contributed by atoms with van der Waals surface area (Å²) in [5, 5.41) is 1.23. The van der Waals surface area contributed by atoms with Crippen LogP contribution in [0.2, 0.25) is 0 Å². The summed E-state index contributed by atoms with van der Waals surface area (Å²) in [6, 6.07) is 8.37. The van der Waals surface area contributed by atoms with Crippen LogP contribution in [0, 0.1) is 6.92 Å². The highest BCUT2D eigenvalue weighted by molar-refractivity contribution is 9.10. The summed E-state index contributed by atoms with van der Waals surface area (Å²) in [7, 11) is 0. The van der Waals surface area contributed by atoms with Gasteiger partial charge in [0.25, 0.3) is 0 Å². The Morgan fingerprint density at radius 2 is 2.11 bits per heavy atom. The van der Waals surface area contributed by atoms with Crippen LogP contribution in [0.3, 0.4) is 0 Å². The first-order valence-corrected chi connectivity index (χ1v) is 8.16. The first-order chi connectivity index (χ1) is 9.24. The van der Waals surface area contributed by atoms with Crippen LogP contribution in [-0.2, 0) is 4.74 Å². The summed E-state index contributed by atoms with van der Waals surface area (Å²) in [6.07, 6.45) is 2.35. The Morgan fingerprint density at radius 3 is 2.79 bits per heavy atom. The summed E-state index contributed by atoms with van der Waals surface area (Å²) in [6.45, 7) is 3.88. The maximum atomic E-state index is 5.57. The van der Waals surface area contributed by atoms with Gasteiger partial charge in [0.05, 0.1) is 17.3 Å². The van der Waals surface area contributed by atoms with Crippen LogP contribution in [0.15, 0.2) is 28.7 Å². The molecule has 2 aromatic rings. The average molecular weight is 338 g/mol. The van der Waals surface area contributed by atoms with Gasteiger partial charge in [-0.1, -0.05) is 28.1 Å². The Hall–Kier alpha value is -0.710. The third-order valence-corrected chi connectivity index (χ3v) is 5.10. The van der Waals surface area contributed by atoms with Crippen LogP contribution in [0.1, 0.15) is 28.6 Å². The molecule has 1 aliphatic rings. The van der Waals surface area contributed by atoms with Crippen LogP contribution in [0.4, 0.5) is 0 Å². The lowest BCUT2D eigenvalue weighted by molar-refractivity contribution is 0.0804. The monoisotopic (exact) mass is 337 g/mol. The summed E-state index contributed by atoms with van der Waals surface area (Å²) in [5.74, 6) is 0.488. The maximum Gasteiger partial charge on any atom is 0.0989 e. The number of aromatic nitrogens is 1. The quantitative estimate of drug-likeness (QED) is 0.786. The maximum absolute atomic E-state index is 5.57. The fourth-order valence-corrected chi connectivity index (χ4v) is 3.73.